The van der Waals surface area contributed by atoms with Crippen LogP contribution in [0.5, 0.6) is 0 Å². The van der Waals surface area contributed by atoms with Crippen LogP contribution in [0.4, 0.5) is 0 Å². The van der Waals surface area contributed by atoms with E-state index in [9.17, 15) is 8.42 Å². The first-order valence-electron chi connectivity index (χ1n) is 10.2. The number of nitrogens with one attached hydrogen (secondary N) is 2. The third kappa shape index (κ3) is 8.41. The van der Waals surface area contributed by atoms with Gasteiger partial charge in [-0.15, -0.1) is 24.0 Å². The van der Waals surface area contributed by atoms with Crippen molar-refractivity contribution in [2.24, 2.45) is 10.9 Å². The van der Waals surface area contributed by atoms with Crippen molar-refractivity contribution in [2.45, 2.75) is 63.5 Å². The molecule has 0 amide bonds. The molecule has 1 aliphatic rings. The lowest BCUT2D eigenvalue weighted by molar-refractivity contribution is 0.0169. The summed E-state index contributed by atoms with van der Waals surface area (Å²) in [5.41, 5.74) is 1.78. The molecule has 0 heterocycles. The van der Waals surface area contributed by atoms with Gasteiger partial charge in [0.15, 0.2) is 15.8 Å². The number of rotatable bonds is 9. The first-order valence-corrected chi connectivity index (χ1v) is 12.1. The third-order valence-electron chi connectivity index (χ3n) is 5.35. The van der Waals surface area contributed by atoms with Crippen molar-refractivity contribution in [1.29, 1.82) is 0 Å². The molecular formula is C21H36IN3O3S. The summed E-state index contributed by atoms with van der Waals surface area (Å²) < 4.78 is 29.4. The Morgan fingerprint density at radius 1 is 1.28 bits per heavy atom. The molecule has 1 saturated carbocycles. The van der Waals surface area contributed by atoms with E-state index in [0.29, 0.717) is 23.5 Å². The van der Waals surface area contributed by atoms with Gasteiger partial charge in [0.2, 0.25) is 0 Å². The molecule has 0 bridgehead atoms. The summed E-state index contributed by atoms with van der Waals surface area (Å²) in [6.07, 6.45) is 7.73. The number of aliphatic imine (C=N–C) groups is 1. The molecule has 8 heteroatoms. The van der Waals surface area contributed by atoms with Crippen molar-refractivity contribution >= 4 is 39.8 Å². The molecule has 6 nitrogen and oxygen atoms in total. The molecule has 2 N–H and O–H groups in total. The Bertz CT molecular complexity index is 762. The van der Waals surface area contributed by atoms with Crippen LogP contribution >= 0.6 is 24.0 Å². The molecule has 0 saturated heterocycles. The second-order valence-electron chi connectivity index (χ2n) is 7.55. The first-order chi connectivity index (χ1) is 13.3. The Morgan fingerprint density at radius 2 is 1.97 bits per heavy atom. The van der Waals surface area contributed by atoms with E-state index < -0.39 is 9.84 Å². The average molecular weight is 538 g/mol. The van der Waals surface area contributed by atoms with Gasteiger partial charge in [0.05, 0.1) is 11.0 Å². The number of hydrogen-bond donors (Lipinski definition) is 2. The Kier molecular flexibility index (Phi) is 11.5. The van der Waals surface area contributed by atoms with Gasteiger partial charge in [0, 0.05) is 33.0 Å². The monoisotopic (exact) mass is 537 g/mol. The summed E-state index contributed by atoms with van der Waals surface area (Å²) in [6.45, 7) is 6.04. The van der Waals surface area contributed by atoms with Crippen LogP contribution < -0.4 is 10.6 Å². The largest absolute Gasteiger partial charge is 0.378 e. The van der Waals surface area contributed by atoms with Crippen molar-refractivity contribution < 1.29 is 13.2 Å². The number of benzene rings is 1. The highest BCUT2D eigenvalue weighted by Crippen LogP contribution is 2.30. The highest BCUT2D eigenvalue weighted by Gasteiger charge is 2.25. The minimum atomic E-state index is -3.19. The Morgan fingerprint density at radius 3 is 2.52 bits per heavy atom. The van der Waals surface area contributed by atoms with E-state index in [1.54, 1.807) is 13.1 Å². The number of sulfone groups is 1. The van der Waals surface area contributed by atoms with Gasteiger partial charge in [-0.2, -0.15) is 0 Å². The van der Waals surface area contributed by atoms with Crippen LogP contribution in [0, 0.1) is 12.8 Å². The molecule has 1 aromatic carbocycles. The molecule has 1 fully saturated rings. The molecule has 1 unspecified atom stereocenters. The van der Waals surface area contributed by atoms with Crippen LogP contribution in [0.3, 0.4) is 0 Å². The summed E-state index contributed by atoms with van der Waals surface area (Å²) in [6, 6.07) is 5.42. The van der Waals surface area contributed by atoms with Gasteiger partial charge in [-0.05, 0) is 56.2 Å². The quantitative estimate of drug-likeness (QED) is 0.286. The van der Waals surface area contributed by atoms with Gasteiger partial charge in [0.1, 0.15) is 0 Å². The lowest BCUT2D eigenvalue weighted by Gasteiger charge is -2.24. The van der Waals surface area contributed by atoms with E-state index in [-0.39, 0.29) is 24.0 Å². The summed E-state index contributed by atoms with van der Waals surface area (Å²) >= 11 is 0. The molecule has 0 spiro atoms. The van der Waals surface area contributed by atoms with E-state index in [1.807, 2.05) is 19.1 Å². The zero-order chi connectivity index (χ0) is 20.6. The fourth-order valence-electron chi connectivity index (χ4n) is 3.98. The minimum absolute atomic E-state index is 0. The van der Waals surface area contributed by atoms with E-state index in [1.165, 1.54) is 31.9 Å². The highest BCUT2D eigenvalue weighted by molar-refractivity contribution is 14.0. The fraction of sp³-hybridized carbons (Fsp3) is 0.667. The zero-order valence-electron chi connectivity index (χ0n) is 18.0. The zero-order valence-corrected chi connectivity index (χ0v) is 21.2. The SMILES string of the molecule is CCOC(CCNC(=NC)NCc1ccc(S(C)(=O)=O)c(C)c1)C1CCCC1.I. The van der Waals surface area contributed by atoms with Crippen molar-refractivity contribution in [3.8, 4) is 0 Å². The van der Waals surface area contributed by atoms with Crippen molar-refractivity contribution in [3.05, 3.63) is 29.3 Å². The molecule has 0 aromatic heterocycles. The van der Waals surface area contributed by atoms with Crippen LogP contribution in [-0.4, -0.2) is 46.9 Å². The summed E-state index contributed by atoms with van der Waals surface area (Å²) in [4.78, 5) is 4.66. The van der Waals surface area contributed by atoms with Gasteiger partial charge in [-0.25, -0.2) is 8.42 Å². The highest BCUT2D eigenvalue weighted by atomic mass is 127. The molecule has 2 rings (SSSR count). The Hall–Kier alpha value is -0.870. The second kappa shape index (κ2) is 12.7. The number of ether oxygens (including phenoxy) is 1. The van der Waals surface area contributed by atoms with Gasteiger partial charge in [0.25, 0.3) is 0 Å². The molecule has 0 radical (unpaired) electrons. The molecule has 1 aromatic rings. The second-order valence-corrected chi connectivity index (χ2v) is 9.54. The summed E-state index contributed by atoms with van der Waals surface area (Å²) in [7, 11) is -1.43. The van der Waals surface area contributed by atoms with E-state index in [0.717, 1.165) is 36.7 Å². The van der Waals surface area contributed by atoms with E-state index >= 15 is 0 Å². The van der Waals surface area contributed by atoms with Crippen LogP contribution in [0.15, 0.2) is 28.1 Å². The topological polar surface area (TPSA) is 79.8 Å². The normalized spacial score (nSPS) is 16.3. The van der Waals surface area contributed by atoms with Crippen LogP contribution in [-0.2, 0) is 21.1 Å². The molecule has 1 aliphatic carbocycles. The smallest absolute Gasteiger partial charge is 0.191 e. The van der Waals surface area contributed by atoms with E-state index in [4.69, 9.17) is 4.74 Å². The van der Waals surface area contributed by atoms with Crippen LogP contribution in [0.25, 0.3) is 0 Å². The number of guanidine groups is 1. The standard InChI is InChI=1S/C21H35N3O3S.HI/c1-5-27-19(18-8-6-7-9-18)12-13-23-21(22-3)24-15-17-10-11-20(16(2)14-17)28(4,25)26;/h10-11,14,18-19H,5-9,12-13,15H2,1-4H3,(H2,22,23,24);1H. The van der Waals surface area contributed by atoms with Crippen molar-refractivity contribution in [2.75, 3.05) is 26.5 Å². The minimum Gasteiger partial charge on any atom is -0.378 e. The molecule has 0 aliphatic heterocycles. The fourth-order valence-corrected chi connectivity index (χ4v) is 4.93. The van der Waals surface area contributed by atoms with E-state index in [2.05, 4.69) is 22.5 Å². The van der Waals surface area contributed by atoms with Gasteiger partial charge in [-0.1, -0.05) is 25.0 Å². The molecular weight excluding hydrogens is 501 g/mol. The maximum atomic E-state index is 11.7. The predicted octanol–water partition coefficient (Wildman–Crippen LogP) is 3.67. The molecule has 166 valence electrons. The number of hydrogen-bond acceptors (Lipinski definition) is 4. The molecule has 1 atom stereocenters. The van der Waals surface area contributed by atoms with Crippen molar-refractivity contribution in [1.82, 2.24) is 10.6 Å². The third-order valence-corrected chi connectivity index (χ3v) is 6.61. The Labute approximate surface area is 193 Å². The average Bonchev–Trinajstić information content (AvgIpc) is 3.17. The maximum absolute atomic E-state index is 11.7. The summed E-state index contributed by atoms with van der Waals surface area (Å²) in [5, 5.41) is 6.66. The van der Waals surface area contributed by atoms with Gasteiger partial charge < -0.3 is 15.4 Å². The van der Waals surface area contributed by atoms with Gasteiger partial charge in [-0.3, -0.25) is 4.99 Å². The number of halogens is 1. The first kappa shape index (κ1) is 26.2. The van der Waals surface area contributed by atoms with Crippen LogP contribution in [0.2, 0.25) is 0 Å². The molecule has 29 heavy (non-hydrogen) atoms. The van der Waals surface area contributed by atoms with Crippen LogP contribution in [0.1, 0.15) is 50.2 Å². The Balaban J connectivity index is 0.00000420. The lowest BCUT2D eigenvalue weighted by Crippen LogP contribution is -2.39. The maximum Gasteiger partial charge on any atom is 0.191 e. The van der Waals surface area contributed by atoms with Gasteiger partial charge >= 0.3 is 0 Å². The van der Waals surface area contributed by atoms with Crippen molar-refractivity contribution in [3.63, 3.8) is 0 Å². The summed E-state index contributed by atoms with van der Waals surface area (Å²) in [5.74, 6) is 1.43. The lowest BCUT2D eigenvalue weighted by atomic mass is 9.98. The predicted molar refractivity (Wildman–Crippen MR) is 130 cm³/mol. The number of aryl methyl sites for hydroxylation is 1. The number of nitrogens with zero attached hydrogens (tertiary/aromatic N) is 1.